The van der Waals surface area contributed by atoms with Gasteiger partial charge in [-0.15, -0.1) is 0 Å². The predicted molar refractivity (Wildman–Crippen MR) is 113 cm³/mol. The minimum Gasteiger partial charge on any atom is -0.354 e. The summed E-state index contributed by atoms with van der Waals surface area (Å²) in [6.07, 6.45) is 3.69. The fourth-order valence-corrected chi connectivity index (χ4v) is 4.24. The average molecular weight is 344 g/mol. The van der Waals surface area contributed by atoms with Crippen molar-refractivity contribution in [2.45, 2.75) is 0 Å². The minimum absolute atomic E-state index is 1.16. The van der Waals surface area contributed by atoms with Crippen LogP contribution in [0.15, 0.2) is 91.3 Å². The molecule has 27 heavy (non-hydrogen) atoms. The van der Waals surface area contributed by atoms with E-state index in [1.807, 2.05) is 12.4 Å². The number of aromatic nitrogens is 1. The Balaban J connectivity index is 1.75. The molecule has 1 aromatic heterocycles. The van der Waals surface area contributed by atoms with Crippen LogP contribution in [0.4, 0.5) is 11.4 Å². The fraction of sp³-hybridized carbons (Fsp3) is 0. The molecule has 126 valence electrons. The maximum absolute atomic E-state index is 4.15. The predicted octanol–water partition coefficient (Wildman–Crippen LogP) is 6.78. The standard InChI is InChI=1S/C25H16N2/c1-2-6-20-18(4-1)14-19-5-3-7-23-24(19)25(20)21-15-17(8-9-22(21)27-23)16-10-12-26-13-11-16/h1-15,27H. The molecule has 0 fully saturated rings. The van der Waals surface area contributed by atoms with Gasteiger partial charge in [0.25, 0.3) is 0 Å². The Morgan fingerprint density at radius 1 is 0.630 bits per heavy atom. The molecular weight excluding hydrogens is 328 g/mol. The second-order valence-electron chi connectivity index (χ2n) is 7.00. The molecule has 5 aromatic rings. The van der Waals surface area contributed by atoms with Gasteiger partial charge < -0.3 is 5.32 Å². The van der Waals surface area contributed by atoms with E-state index < -0.39 is 0 Å². The Morgan fingerprint density at radius 3 is 2.41 bits per heavy atom. The van der Waals surface area contributed by atoms with Crippen molar-refractivity contribution in [3.63, 3.8) is 0 Å². The molecule has 2 nitrogen and oxygen atoms in total. The van der Waals surface area contributed by atoms with Crippen molar-refractivity contribution in [3.8, 4) is 22.3 Å². The molecule has 1 aliphatic heterocycles. The van der Waals surface area contributed by atoms with Crippen LogP contribution in [0, 0.1) is 0 Å². The SMILES string of the molecule is c1ccc2c3c4c(cccc4cc2c1)Nc1ccc(-c2ccncc2)cc1-3. The third-order valence-corrected chi connectivity index (χ3v) is 5.46. The lowest BCUT2D eigenvalue weighted by Crippen LogP contribution is -2.02. The van der Waals surface area contributed by atoms with Gasteiger partial charge in [-0.05, 0) is 63.7 Å². The topological polar surface area (TPSA) is 24.9 Å². The van der Waals surface area contributed by atoms with Crippen molar-refractivity contribution in [2.24, 2.45) is 0 Å². The molecule has 0 saturated carbocycles. The van der Waals surface area contributed by atoms with E-state index in [1.165, 1.54) is 49.5 Å². The molecule has 0 atom stereocenters. The van der Waals surface area contributed by atoms with Crippen LogP contribution in [-0.4, -0.2) is 4.98 Å². The highest BCUT2D eigenvalue weighted by atomic mass is 14.9. The van der Waals surface area contributed by atoms with Crippen LogP contribution in [0.2, 0.25) is 0 Å². The van der Waals surface area contributed by atoms with Gasteiger partial charge in [0.1, 0.15) is 0 Å². The van der Waals surface area contributed by atoms with E-state index >= 15 is 0 Å². The zero-order chi connectivity index (χ0) is 17.8. The van der Waals surface area contributed by atoms with Crippen molar-refractivity contribution in [1.82, 2.24) is 4.98 Å². The molecule has 1 aliphatic rings. The van der Waals surface area contributed by atoms with Gasteiger partial charge in [0.2, 0.25) is 0 Å². The largest absolute Gasteiger partial charge is 0.354 e. The third-order valence-electron chi connectivity index (χ3n) is 5.46. The second kappa shape index (κ2) is 5.42. The summed E-state index contributed by atoms with van der Waals surface area (Å²) in [6, 6.07) is 28.2. The summed E-state index contributed by atoms with van der Waals surface area (Å²) in [5.41, 5.74) is 7.30. The van der Waals surface area contributed by atoms with E-state index in [1.54, 1.807) is 0 Å². The van der Waals surface area contributed by atoms with E-state index in [0.717, 1.165) is 5.69 Å². The Bertz CT molecular complexity index is 1340. The van der Waals surface area contributed by atoms with Gasteiger partial charge in [0.05, 0.1) is 0 Å². The fourth-order valence-electron chi connectivity index (χ4n) is 4.24. The van der Waals surface area contributed by atoms with Crippen LogP contribution in [-0.2, 0) is 0 Å². The van der Waals surface area contributed by atoms with Crippen LogP contribution in [0.5, 0.6) is 0 Å². The Kier molecular flexibility index (Phi) is 2.91. The van der Waals surface area contributed by atoms with Gasteiger partial charge in [0, 0.05) is 40.3 Å². The molecule has 0 radical (unpaired) electrons. The Morgan fingerprint density at radius 2 is 1.48 bits per heavy atom. The third kappa shape index (κ3) is 2.10. The molecule has 2 heterocycles. The Hall–Kier alpha value is -3.65. The van der Waals surface area contributed by atoms with Crippen LogP contribution >= 0.6 is 0 Å². The molecular formula is C25H16N2. The molecule has 1 N–H and O–H groups in total. The lowest BCUT2D eigenvalue weighted by molar-refractivity contribution is 1.33. The first-order chi connectivity index (χ1) is 13.4. The van der Waals surface area contributed by atoms with Crippen LogP contribution in [0.25, 0.3) is 43.8 Å². The van der Waals surface area contributed by atoms with Crippen molar-refractivity contribution >= 4 is 32.9 Å². The summed E-state index contributed by atoms with van der Waals surface area (Å²) in [6.45, 7) is 0. The molecule has 0 bridgehead atoms. The van der Waals surface area contributed by atoms with E-state index in [2.05, 4.69) is 89.2 Å². The number of nitrogens with zero attached hydrogens (tertiary/aromatic N) is 1. The minimum atomic E-state index is 1.16. The van der Waals surface area contributed by atoms with Gasteiger partial charge >= 0.3 is 0 Å². The smallest absolute Gasteiger partial charge is 0.0470 e. The van der Waals surface area contributed by atoms with E-state index in [4.69, 9.17) is 0 Å². The Labute approximate surface area is 157 Å². The number of benzene rings is 4. The van der Waals surface area contributed by atoms with Crippen molar-refractivity contribution in [3.05, 3.63) is 91.3 Å². The highest BCUT2D eigenvalue weighted by Gasteiger charge is 2.21. The lowest BCUT2D eigenvalue weighted by atomic mass is 9.87. The van der Waals surface area contributed by atoms with Crippen LogP contribution in [0.3, 0.4) is 0 Å². The first-order valence-electron chi connectivity index (χ1n) is 9.15. The number of anilines is 2. The number of nitrogens with one attached hydrogen (secondary N) is 1. The van der Waals surface area contributed by atoms with Crippen molar-refractivity contribution < 1.29 is 0 Å². The second-order valence-corrected chi connectivity index (χ2v) is 7.00. The maximum Gasteiger partial charge on any atom is 0.0470 e. The first kappa shape index (κ1) is 14.5. The zero-order valence-corrected chi connectivity index (χ0v) is 14.6. The van der Waals surface area contributed by atoms with Gasteiger partial charge in [-0.3, -0.25) is 4.98 Å². The summed E-state index contributed by atoms with van der Waals surface area (Å²) in [5, 5.41) is 8.78. The summed E-state index contributed by atoms with van der Waals surface area (Å²) < 4.78 is 0. The molecule has 2 heteroatoms. The van der Waals surface area contributed by atoms with Gasteiger partial charge in [-0.25, -0.2) is 0 Å². The van der Waals surface area contributed by atoms with Gasteiger partial charge in [-0.1, -0.05) is 42.5 Å². The zero-order valence-electron chi connectivity index (χ0n) is 14.6. The lowest BCUT2D eigenvalue weighted by Gasteiger charge is -2.24. The molecule has 0 unspecified atom stereocenters. The first-order valence-corrected chi connectivity index (χ1v) is 9.15. The van der Waals surface area contributed by atoms with Gasteiger partial charge in [-0.2, -0.15) is 0 Å². The number of fused-ring (bicyclic) bond motifs is 4. The van der Waals surface area contributed by atoms with Gasteiger partial charge in [0.15, 0.2) is 0 Å². The summed E-state index contributed by atoms with van der Waals surface area (Å²) in [5.74, 6) is 0. The molecule has 0 aliphatic carbocycles. The van der Waals surface area contributed by atoms with E-state index in [-0.39, 0.29) is 0 Å². The molecule has 0 amide bonds. The number of rotatable bonds is 1. The average Bonchev–Trinajstić information content (AvgIpc) is 2.74. The van der Waals surface area contributed by atoms with Crippen LogP contribution < -0.4 is 5.32 Å². The molecule has 4 aromatic carbocycles. The monoisotopic (exact) mass is 344 g/mol. The highest BCUT2D eigenvalue weighted by Crippen LogP contribution is 2.48. The molecule has 0 spiro atoms. The van der Waals surface area contributed by atoms with E-state index in [9.17, 15) is 0 Å². The summed E-state index contributed by atoms with van der Waals surface area (Å²) in [7, 11) is 0. The molecule has 6 rings (SSSR count). The highest BCUT2D eigenvalue weighted by molar-refractivity contribution is 6.21. The van der Waals surface area contributed by atoms with Crippen molar-refractivity contribution in [2.75, 3.05) is 5.32 Å². The summed E-state index contributed by atoms with van der Waals surface area (Å²) >= 11 is 0. The maximum atomic E-state index is 4.15. The van der Waals surface area contributed by atoms with E-state index in [0.29, 0.717) is 0 Å². The molecule has 0 saturated heterocycles. The number of hydrogen-bond acceptors (Lipinski definition) is 2. The van der Waals surface area contributed by atoms with Crippen molar-refractivity contribution in [1.29, 1.82) is 0 Å². The number of hydrogen-bond donors (Lipinski definition) is 1. The van der Waals surface area contributed by atoms with Crippen LogP contribution in [0.1, 0.15) is 0 Å². The summed E-state index contributed by atoms with van der Waals surface area (Å²) in [4.78, 5) is 4.15. The normalized spacial score (nSPS) is 12.0. The quantitative estimate of drug-likeness (QED) is 0.333. The number of pyridine rings is 1.